The van der Waals surface area contributed by atoms with Crippen molar-refractivity contribution >= 4 is 29.0 Å². The van der Waals surface area contributed by atoms with Crippen LogP contribution in [0.1, 0.15) is 86.0 Å². The van der Waals surface area contributed by atoms with Crippen LogP contribution in [0.3, 0.4) is 0 Å². The highest BCUT2D eigenvalue weighted by Crippen LogP contribution is 2.35. The molecule has 4 rings (SSSR count). The molecule has 1 aromatic heterocycles. The van der Waals surface area contributed by atoms with Crippen LogP contribution in [-0.2, 0) is 0 Å². The van der Waals surface area contributed by atoms with Crippen LogP contribution in [0, 0.1) is 11.8 Å². The highest BCUT2D eigenvalue weighted by Gasteiger charge is 2.32. The average Bonchev–Trinajstić information content (AvgIpc) is 3.38. The van der Waals surface area contributed by atoms with Gasteiger partial charge in [0.05, 0.1) is 4.88 Å². The molecule has 0 bridgehead atoms. The van der Waals surface area contributed by atoms with Crippen LogP contribution in [0.5, 0.6) is 0 Å². The molecule has 6 heteroatoms. The van der Waals surface area contributed by atoms with Crippen LogP contribution in [0.15, 0.2) is 35.7 Å². The van der Waals surface area contributed by atoms with Crippen LogP contribution in [0.4, 0.5) is 10.5 Å². The number of anilines is 1. The third-order valence-corrected chi connectivity index (χ3v) is 8.52. The molecule has 184 valence electrons. The zero-order valence-corrected chi connectivity index (χ0v) is 21.9. The van der Waals surface area contributed by atoms with E-state index in [0.29, 0.717) is 23.7 Å². The van der Waals surface area contributed by atoms with Gasteiger partial charge in [0.15, 0.2) is 0 Å². The van der Waals surface area contributed by atoms with Crippen LogP contribution in [0.2, 0.25) is 0 Å². The van der Waals surface area contributed by atoms with Gasteiger partial charge in [0.1, 0.15) is 0 Å². The summed E-state index contributed by atoms with van der Waals surface area (Å²) in [6, 6.07) is 10.3. The predicted octanol–water partition coefficient (Wildman–Crippen LogP) is 6.79. The van der Waals surface area contributed by atoms with Gasteiger partial charge >= 0.3 is 6.03 Å². The number of carbonyl (C=O) groups is 2. The topological polar surface area (TPSA) is 52.7 Å². The SMILES string of the molecule is CC(C)c1cccc(C(C)C)c1NC(=O)N1CCC(C2CCN(C(=O)c3cccs3)CC2)CC1. The van der Waals surface area contributed by atoms with Gasteiger partial charge in [-0.05, 0) is 71.9 Å². The van der Waals surface area contributed by atoms with Crippen LogP contribution in [-0.4, -0.2) is 47.9 Å². The zero-order valence-electron chi connectivity index (χ0n) is 21.0. The molecule has 2 aliphatic heterocycles. The van der Waals surface area contributed by atoms with Gasteiger partial charge in [-0.15, -0.1) is 11.3 Å². The number of hydrogen-bond donors (Lipinski definition) is 1. The molecule has 2 fully saturated rings. The summed E-state index contributed by atoms with van der Waals surface area (Å²) in [4.78, 5) is 30.7. The van der Waals surface area contributed by atoms with Crippen molar-refractivity contribution in [2.75, 3.05) is 31.5 Å². The monoisotopic (exact) mass is 481 g/mol. The third-order valence-electron chi connectivity index (χ3n) is 7.66. The minimum absolute atomic E-state index is 0.0322. The molecule has 0 spiro atoms. The van der Waals surface area contributed by atoms with Gasteiger partial charge in [-0.1, -0.05) is 52.0 Å². The highest BCUT2D eigenvalue weighted by molar-refractivity contribution is 7.12. The van der Waals surface area contributed by atoms with Gasteiger partial charge < -0.3 is 15.1 Å². The smallest absolute Gasteiger partial charge is 0.321 e. The summed E-state index contributed by atoms with van der Waals surface area (Å²) in [5, 5.41) is 5.25. The van der Waals surface area contributed by atoms with Crippen LogP contribution >= 0.6 is 11.3 Å². The first-order valence-corrected chi connectivity index (χ1v) is 13.7. The van der Waals surface area contributed by atoms with E-state index in [1.807, 2.05) is 27.3 Å². The fourth-order valence-corrected chi connectivity index (χ4v) is 6.28. The lowest BCUT2D eigenvalue weighted by atomic mass is 9.79. The van der Waals surface area contributed by atoms with Gasteiger partial charge in [0, 0.05) is 31.9 Å². The molecule has 0 atom stereocenters. The van der Waals surface area contributed by atoms with E-state index < -0.39 is 0 Å². The summed E-state index contributed by atoms with van der Waals surface area (Å²) in [6.07, 6.45) is 4.26. The minimum Gasteiger partial charge on any atom is -0.338 e. The van der Waals surface area contributed by atoms with Gasteiger partial charge in [0.25, 0.3) is 5.91 Å². The van der Waals surface area contributed by atoms with Crippen molar-refractivity contribution in [3.8, 4) is 0 Å². The quantitative estimate of drug-likeness (QED) is 0.511. The second-order valence-electron chi connectivity index (χ2n) is 10.5. The van der Waals surface area contributed by atoms with Gasteiger partial charge in [0.2, 0.25) is 0 Å². The number of piperidine rings is 2. The van der Waals surface area contributed by atoms with Crippen molar-refractivity contribution in [3.63, 3.8) is 0 Å². The Morgan fingerprint density at radius 1 is 0.824 bits per heavy atom. The maximum atomic E-state index is 13.2. The molecule has 34 heavy (non-hydrogen) atoms. The molecule has 1 aromatic carbocycles. The maximum Gasteiger partial charge on any atom is 0.321 e. The molecule has 2 saturated heterocycles. The van der Waals surface area contributed by atoms with Gasteiger partial charge in [-0.25, -0.2) is 4.79 Å². The first-order valence-electron chi connectivity index (χ1n) is 12.9. The first kappa shape index (κ1) is 24.8. The summed E-state index contributed by atoms with van der Waals surface area (Å²) in [6.45, 7) is 12.1. The lowest BCUT2D eigenvalue weighted by molar-refractivity contribution is 0.0623. The first-order chi connectivity index (χ1) is 16.3. The number of benzene rings is 1. The molecular formula is C28H39N3O2S. The van der Waals surface area contributed by atoms with Crippen molar-refractivity contribution in [2.24, 2.45) is 11.8 Å². The Morgan fingerprint density at radius 3 is 1.82 bits per heavy atom. The number of nitrogens with zero attached hydrogens (tertiary/aromatic N) is 2. The van der Waals surface area contributed by atoms with Crippen molar-refractivity contribution in [3.05, 3.63) is 51.7 Å². The number of urea groups is 1. The number of nitrogens with one attached hydrogen (secondary N) is 1. The van der Waals surface area contributed by atoms with Crippen molar-refractivity contribution in [2.45, 2.75) is 65.2 Å². The van der Waals surface area contributed by atoms with E-state index in [-0.39, 0.29) is 11.9 Å². The Kier molecular flexibility index (Phi) is 7.97. The van der Waals surface area contributed by atoms with Crippen LogP contribution in [0.25, 0.3) is 0 Å². The Hall–Kier alpha value is -2.34. The second-order valence-corrected chi connectivity index (χ2v) is 11.4. The predicted molar refractivity (Wildman–Crippen MR) is 141 cm³/mol. The number of likely N-dealkylation sites (tertiary alicyclic amines) is 2. The van der Waals surface area contributed by atoms with E-state index in [4.69, 9.17) is 0 Å². The number of hydrogen-bond acceptors (Lipinski definition) is 3. The number of thiophene rings is 1. The largest absolute Gasteiger partial charge is 0.338 e. The summed E-state index contributed by atoms with van der Waals surface area (Å²) >= 11 is 1.53. The van der Waals surface area contributed by atoms with Crippen molar-refractivity contribution in [1.82, 2.24) is 9.80 Å². The normalized spacial score (nSPS) is 18.1. The molecule has 0 saturated carbocycles. The molecule has 3 amide bonds. The second kappa shape index (κ2) is 10.9. The van der Waals surface area contributed by atoms with E-state index in [9.17, 15) is 9.59 Å². The maximum absolute atomic E-state index is 13.2. The Bertz CT molecular complexity index is 943. The molecule has 2 aliphatic rings. The van der Waals surface area contributed by atoms with Crippen molar-refractivity contribution in [1.29, 1.82) is 0 Å². The Labute approximate surface area is 208 Å². The summed E-state index contributed by atoms with van der Waals surface area (Å²) in [5.74, 6) is 2.21. The van der Waals surface area contributed by atoms with Gasteiger partial charge in [-0.2, -0.15) is 0 Å². The summed E-state index contributed by atoms with van der Waals surface area (Å²) in [5.41, 5.74) is 3.42. The van der Waals surface area contributed by atoms with E-state index in [1.54, 1.807) is 0 Å². The number of carbonyl (C=O) groups excluding carboxylic acids is 2. The summed E-state index contributed by atoms with van der Waals surface area (Å²) < 4.78 is 0. The molecule has 0 radical (unpaired) electrons. The molecule has 0 aliphatic carbocycles. The standard InChI is InChI=1S/C28H39N3O2S/c1-19(2)23-7-5-8-24(20(3)4)26(23)29-28(33)31-16-12-22(13-17-31)21-10-14-30(15-11-21)27(32)25-9-6-18-34-25/h5-9,18-22H,10-17H2,1-4H3,(H,29,33). The number of para-hydroxylation sites is 1. The number of amides is 3. The Morgan fingerprint density at radius 2 is 1.35 bits per heavy atom. The van der Waals surface area contributed by atoms with Gasteiger partial charge in [-0.3, -0.25) is 4.79 Å². The lowest BCUT2D eigenvalue weighted by Gasteiger charge is -2.40. The summed E-state index contributed by atoms with van der Waals surface area (Å²) in [7, 11) is 0. The van der Waals surface area contributed by atoms with E-state index in [2.05, 4.69) is 51.2 Å². The molecule has 5 nitrogen and oxygen atoms in total. The fraction of sp³-hybridized carbons (Fsp3) is 0.571. The average molecular weight is 482 g/mol. The lowest BCUT2D eigenvalue weighted by Crippen LogP contribution is -2.45. The Balaban J connectivity index is 1.30. The molecule has 2 aromatic rings. The van der Waals surface area contributed by atoms with Crippen LogP contribution < -0.4 is 5.32 Å². The molecule has 1 N–H and O–H groups in total. The molecule has 0 unspecified atom stereocenters. The molecule has 3 heterocycles. The van der Waals surface area contributed by atoms with Crippen molar-refractivity contribution < 1.29 is 9.59 Å². The van der Waals surface area contributed by atoms with E-state index in [1.165, 1.54) is 22.5 Å². The van der Waals surface area contributed by atoms with E-state index >= 15 is 0 Å². The zero-order chi connectivity index (χ0) is 24.2. The molecular weight excluding hydrogens is 442 g/mol. The highest BCUT2D eigenvalue weighted by atomic mass is 32.1. The van der Waals surface area contributed by atoms with E-state index in [0.717, 1.165) is 62.4 Å². The number of rotatable bonds is 5. The third kappa shape index (κ3) is 5.48. The minimum atomic E-state index is 0.0322. The fourth-order valence-electron chi connectivity index (χ4n) is 5.59.